The molecule has 0 radical (unpaired) electrons. The van der Waals surface area contributed by atoms with Crippen LogP contribution in [0.3, 0.4) is 0 Å². The van der Waals surface area contributed by atoms with Gasteiger partial charge in [0.05, 0.1) is 17.4 Å². The van der Waals surface area contributed by atoms with Gasteiger partial charge < -0.3 is 31.8 Å². The summed E-state index contributed by atoms with van der Waals surface area (Å²) in [6, 6.07) is 15.3. The van der Waals surface area contributed by atoms with E-state index in [4.69, 9.17) is 9.15 Å². The van der Waals surface area contributed by atoms with Crippen LogP contribution in [0.25, 0.3) is 22.6 Å². The van der Waals surface area contributed by atoms with Gasteiger partial charge in [-0.1, -0.05) is 58.1 Å². The lowest BCUT2D eigenvalue weighted by atomic mass is 9.97. The highest BCUT2D eigenvalue weighted by atomic mass is 19.5. The van der Waals surface area contributed by atoms with E-state index in [2.05, 4.69) is 144 Å². The molecule has 1 aromatic heterocycles. The Hall–Kier alpha value is -4.01. The number of hydrogen-bond donors (Lipinski definition) is 0. The summed E-state index contributed by atoms with van der Waals surface area (Å²) >= 11 is 0. The molecule has 0 N–H and O–H groups in total. The van der Waals surface area contributed by atoms with Crippen molar-refractivity contribution in [1.82, 2.24) is 0 Å². The summed E-state index contributed by atoms with van der Waals surface area (Å²) in [6.07, 6.45) is 12.9. The number of benzene rings is 2. The van der Waals surface area contributed by atoms with E-state index >= 15 is 0 Å². The van der Waals surface area contributed by atoms with E-state index in [1.54, 1.807) is 0 Å². The maximum absolute atomic E-state index is 9.75. The fourth-order valence-electron chi connectivity index (χ4n) is 5.24. The van der Waals surface area contributed by atoms with Gasteiger partial charge in [-0.25, -0.2) is 4.42 Å². The molecule has 0 atom stereocenters. The van der Waals surface area contributed by atoms with Crippen LogP contribution in [0.2, 0.25) is 0 Å². The fraction of sp³-hybridized carbons (Fsp3) is 0.378. The zero-order valence-corrected chi connectivity index (χ0v) is 28.3. The Morgan fingerprint density at radius 1 is 0.761 bits per heavy atom. The number of halogens is 4. The van der Waals surface area contributed by atoms with Gasteiger partial charge in [-0.05, 0) is 63.6 Å². The SMILES string of the molecule is CCN(CC)c1ccc2c(c1)OC(C(C)C)=C\C2=C/C=C/C=C/c1cc(C(C)C)[o+]c2cc(N(CC)CC)ccc12.F[B-](F)(F)F. The quantitative estimate of drug-likeness (QED) is 0.0904. The first-order valence-corrected chi connectivity index (χ1v) is 16.2. The third-order valence-electron chi connectivity index (χ3n) is 7.77. The molecule has 4 rings (SSSR count). The second kappa shape index (κ2) is 16.5. The molecule has 248 valence electrons. The lowest BCUT2D eigenvalue weighted by Gasteiger charge is -2.26. The minimum atomic E-state index is -6.00. The minimum absolute atomic E-state index is 0.307. The molecule has 3 aromatic rings. The fourth-order valence-corrected chi connectivity index (χ4v) is 5.24. The van der Waals surface area contributed by atoms with Crippen molar-refractivity contribution in [1.29, 1.82) is 0 Å². The van der Waals surface area contributed by atoms with E-state index in [9.17, 15) is 17.3 Å². The van der Waals surface area contributed by atoms with Gasteiger partial charge in [0.15, 0.2) is 0 Å². The smallest absolute Gasteiger partial charge is 0.461 e. The van der Waals surface area contributed by atoms with Crippen LogP contribution in [0.15, 0.2) is 83.0 Å². The van der Waals surface area contributed by atoms with E-state index in [0.29, 0.717) is 11.8 Å². The predicted octanol–water partition coefficient (Wildman–Crippen LogP) is 11.4. The van der Waals surface area contributed by atoms with Crippen LogP contribution < -0.4 is 14.5 Å². The minimum Gasteiger partial charge on any atom is -0.461 e. The van der Waals surface area contributed by atoms with Crippen LogP contribution in [0.5, 0.6) is 5.75 Å². The lowest BCUT2D eigenvalue weighted by molar-refractivity contribution is 0.364. The summed E-state index contributed by atoms with van der Waals surface area (Å²) in [7, 11) is -6.00. The number of fused-ring (bicyclic) bond motifs is 2. The molecule has 2 heterocycles. The molecule has 0 fully saturated rings. The van der Waals surface area contributed by atoms with Gasteiger partial charge in [0, 0.05) is 66.7 Å². The highest BCUT2D eigenvalue weighted by Crippen LogP contribution is 2.38. The average molecular weight is 639 g/mol. The van der Waals surface area contributed by atoms with Gasteiger partial charge in [-0.2, -0.15) is 0 Å². The Kier molecular flexibility index (Phi) is 13.1. The predicted molar refractivity (Wildman–Crippen MR) is 188 cm³/mol. The lowest BCUT2D eigenvalue weighted by Crippen LogP contribution is -2.22. The molecule has 4 nitrogen and oxygen atoms in total. The zero-order valence-electron chi connectivity index (χ0n) is 28.3. The first kappa shape index (κ1) is 36.5. The van der Waals surface area contributed by atoms with E-state index in [1.807, 2.05) is 0 Å². The monoisotopic (exact) mass is 638 g/mol. The molecule has 0 amide bonds. The van der Waals surface area contributed by atoms with Crippen molar-refractivity contribution in [3.63, 3.8) is 0 Å². The van der Waals surface area contributed by atoms with Crippen molar-refractivity contribution in [3.8, 4) is 5.75 Å². The summed E-state index contributed by atoms with van der Waals surface area (Å²) in [5.74, 6) is 3.53. The number of hydrogen-bond acceptors (Lipinski definition) is 3. The van der Waals surface area contributed by atoms with E-state index in [-0.39, 0.29) is 0 Å². The Labute approximate surface area is 271 Å². The van der Waals surface area contributed by atoms with Gasteiger partial charge in [0.2, 0.25) is 0 Å². The summed E-state index contributed by atoms with van der Waals surface area (Å²) in [5, 5.41) is 1.13. The molecule has 0 bridgehead atoms. The largest absolute Gasteiger partial charge is 0.673 e. The van der Waals surface area contributed by atoms with Crippen LogP contribution in [-0.2, 0) is 0 Å². The summed E-state index contributed by atoms with van der Waals surface area (Å²) < 4.78 is 51.7. The molecule has 2 aromatic carbocycles. The molecule has 0 saturated heterocycles. The molecule has 0 spiro atoms. The molecule has 0 saturated carbocycles. The van der Waals surface area contributed by atoms with E-state index < -0.39 is 7.25 Å². The second-order valence-corrected chi connectivity index (χ2v) is 11.6. The zero-order chi connectivity index (χ0) is 34.0. The Morgan fingerprint density at radius 3 is 1.91 bits per heavy atom. The second-order valence-electron chi connectivity index (χ2n) is 11.6. The molecule has 1 aliphatic heterocycles. The van der Waals surface area contributed by atoms with E-state index in [0.717, 1.165) is 60.0 Å². The van der Waals surface area contributed by atoms with Crippen LogP contribution in [-0.4, -0.2) is 33.4 Å². The molecule has 1 aliphatic rings. The van der Waals surface area contributed by atoms with Crippen molar-refractivity contribution in [3.05, 3.63) is 95.5 Å². The Morgan fingerprint density at radius 2 is 1.35 bits per heavy atom. The topological polar surface area (TPSA) is 27.0 Å². The third-order valence-corrected chi connectivity index (χ3v) is 7.77. The third kappa shape index (κ3) is 10.00. The van der Waals surface area contributed by atoms with Crippen LogP contribution in [0.4, 0.5) is 28.6 Å². The van der Waals surface area contributed by atoms with Gasteiger partial charge in [-0.3, -0.25) is 0 Å². The number of allylic oxidation sites excluding steroid dienone is 7. The van der Waals surface area contributed by atoms with Gasteiger partial charge in [0.25, 0.3) is 0 Å². The van der Waals surface area contributed by atoms with Crippen molar-refractivity contribution in [2.75, 3.05) is 36.0 Å². The molecular formula is C37H47BF4N2O2. The van der Waals surface area contributed by atoms with Crippen molar-refractivity contribution in [2.24, 2.45) is 5.92 Å². The highest BCUT2D eigenvalue weighted by molar-refractivity contribution is 6.50. The number of rotatable bonds is 11. The molecular weight excluding hydrogens is 591 g/mol. The van der Waals surface area contributed by atoms with Crippen molar-refractivity contribution >= 4 is 41.2 Å². The van der Waals surface area contributed by atoms with Crippen LogP contribution in [0, 0.1) is 5.92 Å². The summed E-state index contributed by atoms with van der Waals surface area (Å²) in [5.41, 5.74) is 6.79. The standard InChI is InChI=1S/C37H47N2O2.BF4/c1-9-38(10-2)30-18-20-32-28(22-34(26(5)6)40-36(32)24-30)16-14-13-15-17-29-23-35(27(7)8)41-37-25-31(19-21-33(29)37)39(11-3)12-4;2-1(3,4)5/h13-27H,9-12H2,1-8H3;/q+1;-1. The number of ether oxygens (including phenoxy) is 1. The maximum Gasteiger partial charge on any atom is 0.673 e. The summed E-state index contributed by atoms with van der Waals surface area (Å²) in [4.78, 5) is 4.70. The van der Waals surface area contributed by atoms with Gasteiger partial charge in [-0.15, -0.1) is 0 Å². The maximum atomic E-state index is 9.75. The molecule has 46 heavy (non-hydrogen) atoms. The summed E-state index contributed by atoms with van der Waals surface area (Å²) in [6.45, 7) is 21.3. The first-order chi connectivity index (χ1) is 21.8. The molecule has 0 aliphatic carbocycles. The van der Waals surface area contributed by atoms with Crippen molar-refractivity contribution in [2.45, 2.75) is 61.3 Å². The Bertz CT molecular complexity index is 1580. The van der Waals surface area contributed by atoms with E-state index in [1.165, 1.54) is 22.5 Å². The van der Waals surface area contributed by atoms with Crippen LogP contribution in [0.1, 0.15) is 78.2 Å². The van der Waals surface area contributed by atoms with Crippen LogP contribution >= 0.6 is 0 Å². The normalized spacial score (nSPS) is 14.1. The number of anilines is 2. The average Bonchev–Trinajstić information content (AvgIpc) is 3.00. The first-order valence-electron chi connectivity index (χ1n) is 16.2. The Balaban J connectivity index is 0.00000107. The van der Waals surface area contributed by atoms with Gasteiger partial charge >= 0.3 is 18.6 Å². The molecule has 9 heteroatoms. The molecule has 0 unspecified atom stereocenters. The van der Waals surface area contributed by atoms with Gasteiger partial charge in [0.1, 0.15) is 11.5 Å². The highest BCUT2D eigenvalue weighted by Gasteiger charge is 2.22. The number of nitrogens with zero attached hydrogens (tertiary/aromatic N) is 2. The van der Waals surface area contributed by atoms with Crippen molar-refractivity contribution < 1.29 is 26.4 Å².